The van der Waals surface area contributed by atoms with Gasteiger partial charge in [0.05, 0.1) is 0 Å². The van der Waals surface area contributed by atoms with Gasteiger partial charge in [0, 0.05) is 18.1 Å². The van der Waals surface area contributed by atoms with Crippen LogP contribution in [-0.2, 0) is 6.42 Å². The first-order chi connectivity index (χ1) is 9.96. The number of benzene rings is 1. The predicted molar refractivity (Wildman–Crippen MR) is 86.7 cm³/mol. The molecule has 1 aliphatic carbocycles. The van der Waals surface area contributed by atoms with Crippen LogP contribution in [0.2, 0.25) is 0 Å². The van der Waals surface area contributed by atoms with Gasteiger partial charge in [-0.2, -0.15) is 0 Å². The van der Waals surface area contributed by atoms with Gasteiger partial charge in [-0.1, -0.05) is 38.0 Å². The van der Waals surface area contributed by atoms with E-state index in [0.29, 0.717) is 19.0 Å². The van der Waals surface area contributed by atoms with Crippen molar-refractivity contribution in [1.29, 1.82) is 0 Å². The van der Waals surface area contributed by atoms with Crippen molar-refractivity contribution in [1.82, 2.24) is 4.90 Å². The molecule has 1 aliphatic rings. The molecule has 0 saturated heterocycles. The third-order valence-electron chi connectivity index (χ3n) is 5.28. The summed E-state index contributed by atoms with van der Waals surface area (Å²) in [7, 11) is 2.16. The van der Waals surface area contributed by atoms with Crippen molar-refractivity contribution in [3.8, 4) is 0 Å². The molecule has 1 aromatic rings. The molecular formula is C18H29FN2. The Kier molecular flexibility index (Phi) is 5.39. The Balaban J connectivity index is 2.14. The highest BCUT2D eigenvalue weighted by Gasteiger charge is 2.35. The van der Waals surface area contributed by atoms with E-state index in [4.69, 9.17) is 5.73 Å². The van der Waals surface area contributed by atoms with Gasteiger partial charge in [0.2, 0.25) is 0 Å². The normalized spacial score (nSPS) is 25.8. The molecule has 0 spiro atoms. The van der Waals surface area contributed by atoms with E-state index in [9.17, 15) is 4.39 Å². The van der Waals surface area contributed by atoms with E-state index in [-0.39, 0.29) is 11.4 Å². The van der Waals surface area contributed by atoms with Crippen molar-refractivity contribution >= 4 is 0 Å². The molecule has 3 heteroatoms. The highest BCUT2D eigenvalue weighted by molar-refractivity contribution is 5.20. The Labute approximate surface area is 128 Å². The number of nitrogens with zero attached hydrogens (tertiary/aromatic N) is 1. The van der Waals surface area contributed by atoms with Crippen LogP contribution in [0, 0.1) is 11.7 Å². The van der Waals surface area contributed by atoms with Crippen LogP contribution in [0.1, 0.15) is 45.1 Å². The zero-order valence-corrected chi connectivity index (χ0v) is 13.6. The molecule has 2 N–H and O–H groups in total. The van der Waals surface area contributed by atoms with Crippen LogP contribution in [0.15, 0.2) is 24.3 Å². The van der Waals surface area contributed by atoms with Gasteiger partial charge in [-0.15, -0.1) is 0 Å². The van der Waals surface area contributed by atoms with Gasteiger partial charge < -0.3 is 5.73 Å². The molecule has 1 aromatic carbocycles. The standard InChI is InChI=1S/C18H29FN2/c1-14-7-6-9-16(11-14)21(3)18(2,13-20)12-15-8-4-5-10-17(15)19/h4-5,8,10,14,16H,6-7,9,11-13,20H2,1-3H3. The minimum atomic E-state index is -0.191. The first-order valence-corrected chi connectivity index (χ1v) is 8.12. The van der Waals surface area contributed by atoms with Crippen molar-refractivity contribution in [3.05, 3.63) is 35.6 Å². The molecule has 1 fully saturated rings. The lowest BCUT2D eigenvalue weighted by atomic mass is 9.82. The molecule has 2 nitrogen and oxygen atoms in total. The Morgan fingerprint density at radius 3 is 2.67 bits per heavy atom. The minimum Gasteiger partial charge on any atom is -0.329 e. The lowest BCUT2D eigenvalue weighted by Gasteiger charge is -2.45. The second-order valence-electron chi connectivity index (χ2n) is 7.01. The predicted octanol–water partition coefficient (Wildman–Crippen LogP) is 3.60. The van der Waals surface area contributed by atoms with Crippen LogP contribution in [0.3, 0.4) is 0 Å². The van der Waals surface area contributed by atoms with Gasteiger partial charge in [-0.3, -0.25) is 4.90 Å². The third kappa shape index (κ3) is 3.83. The van der Waals surface area contributed by atoms with E-state index in [1.54, 1.807) is 6.07 Å². The number of hydrogen-bond acceptors (Lipinski definition) is 2. The maximum absolute atomic E-state index is 14.0. The maximum atomic E-state index is 14.0. The second kappa shape index (κ2) is 6.89. The van der Waals surface area contributed by atoms with E-state index in [2.05, 4.69) is 25.8 Å². The fourth-order valence-corrected chi connectivity index (χ4v) is 3.59. The molecule has 3 atom stereocenters. The van der Waals surface area contributed by atoms with Crippen molar-refractivity contribution in [2.24, 2.45) is 11.7 Å². The average molecular weight is 292 g/mol. The smallest absolute Gasteiger partial charge is 0.126 e. The average Bonchev–Trinajstić information content (AvgIpc) is 2.48. The molecule has 1 saturated carbocycles. The van der Waals surface area contributed by atoms with Crippen LogP contribution < -0.4 is 5.73 Å². The molecule has 0 amide bonds. The topological polar surface area (TPSA) is 29.3 Å². The zero-order chi connectivity index (χ0) is 15.5. The van der Waals surface area contributed by atoms with Gasteiger partial charge in [0.1, 0.15) is 5.82 Å². The van der Waals surface area contributed by atoms with E-state index >= 15 is 0 Å². The summed E-state index contributed by atoms with van der Waals surface area (Å²) in [5, 5.41) is 0. The number of likely N-dealkylation sites (N-methyl/N-ethyl adjacent to an activating group) is 1. The summed E-state index contributed by atoms with van der Waals surface area (Å²) in [6.45, 7) is 5.04. The highest BCUT2D eigenvalue weighted by Crippen LogP contribution is 2.31. The fourth-order valence-electron chi connectivity index (χ4n) is 3.59. The molecule has 118 valence electrons. The van der Waals surface area contributed by atoms with Crippen LogP contribution in [0.25, 0.3) is 0 Å². The fraction of sp³-hybridized carbons (Fsp3) is 0.667. The molecular weight excluding hydrogens is 263 g/mol. The molecule has 3 unspecified atom stereocenters. The lowest BCUT2D eigenvalue weighted by Crippen LogP contribution is -2.56. The summed E-state index contributed by atoms with van der Waals surface area (Å²) < 4.78 is 14.0. The summed E-state index contributed by atoms with van der Waals surface area (Å²) in [6, 6.07) is 7.62. The lowest BCUT2D eigenvalue weighted by molar-refractivity contribution is 0.0584. The van der Waals surface area contributed by atoms with Gasteiger partial charge >= 0.3 is 0 Å². The Morgan fingerprint density at radius 2 is 2.05 bits per heavy atom. The number of halogens is 1. The SMILES string of the molecule is CC1CCCC(N(C)C(C)(CN)Cc2ccccc2F)C1. The van der Waals surface area contributed by atoms with Gasteiger partial charge in [0.15, 0.2) is 0 Å². The van der Waals surface area contributed by atoms with Crippen LogP contribution in [0.5, 0.6) is 0 Å². The van der Waals surface area contributed by atoms with Gasteiger partial charge in [0.25, 0.3) is 0 Å². The van der Waals surface area contributed by atoms with E-state index in [1.807, 2.05) is 12.1 Å². The Hall–Kier alpha value is -0.930. The van der Waals surface area contributed by atoms with Crippen LogP contribution >= 0.6 is 0 Å². The second-order valence-corrected chi connectivity index (χ2v) is 7.01. The van der Waals surface area contributed by atoms with Crippen LogP contribution in [0.4, 0.5) is 4.39 Å². The molecule has 21 heavy (non-hydrogen) atoms. The Morgan fingerprint density at radius 1 is 1.33 bits per heavy atom. The molecule has 0 aliphatic heterocycles. The molecule has 0 bridgehead atoms. The number of rotatable bonds is 5. The van der Waals surface area contributed by atoms with Gasteiger partial charge in [-0.05, 0) is 50.8 Å². The molecule has 0 radical (unpaired) electrons. The van der Waals surface area contributed by atoms with Crippen molar-refractivity contribution in [2.75, 3.05) is 13.6 Å². The maximum Gasteiger partial charge on any atom is 0.126 e. The number of nitrogens with two attached hydrogens (primary N) is 1. The van der Waals surface area contributed by atoms with Crippen molar-refractivity contribution in [2.45, 2.75) is 57.5 Å². The minimum absolute atomic E-state index is 0.123. The van der Waals surface area contributed by atoms with Crippen molar-refractivity contribution < 1.29 is 4.39 Å². The monoisotopic (exact) mass is 292 g/mol. The van der Waals surface area contributed by atoms with Crippen LogP contribution in [-0.4, -0.2) is 30.1 Å². The van der Waals surface area contributed by atoms with E-state index in [0.717, 1.165) is 11.5 Å². The zero-order valence-electron chi connectivity index (χ0n) is 13.6. The summed E-state index contributed by atoms with van der Waals surface area (Å²) in [5.74, 6) is 0.657. The summed E-state index contributed by atoms with van der Waals surface area (Å²) in [5.41, 5.74) is 6.66. The molecule has 2 rings (SSSR count). The summed E-state index contributed by atoms with van der Waals surface area (Å²) >= 11 is 0. The summed E-state index contributed by atoms with van der Waals surface area (Å²) in [6.07, 6.45) is 5.74. The highest BCUT2D eigenvalue weighted by atomic mass is 19.1. The number of hydrogen-bond donors (Lipinski definition) is 1. The van der Waals surface area contributed by atoms with E-state index in [1.165, 1.54) is 31.7 Å². The Bertz CT molecular complexity index is 462. The molecule has 0 heterocycles. The van der Waals surface area contributed by atoms with E-state index < -0.39 is 0 Å². The van der Waals surface area contributed by atoms with Gasteiger partial charge in [-0.25, -0.2) is 4.39 Å². The third-order valence-corrected chi connectivity index (χ3v) is 5.28. The first-order valence-electron chi connectivity index (χ1n) is 8.12. The quantitative estimate of drug-likeness (QED) is 0.898. The molecule has 0 aromatic heterocycles. The van der Waals surface area contributed by atoms with Crippen molar-refractivity contribution in [3.63, 3.8) is 0 Å². The summed E-state index contributed by atoms with van der Waals surface area (Å²) in [4.78, 5) is 2.41. The largest absolute Gasteiger partial charge is 0.329 e. The first kappa shape index (κ1) is 16.4.